The van der Waals surface area contributed by atoms with Gasteiger partial charge in [-0.25, -0.2) is 4.52 Å². The van der Waals surface area contributed by atoms with Crippen molar-refractivity contribution in [1.29, 1.82) is 0 Å². The smallest absolute Gasteiger partial charge is 0.311 e. The predicted molar refractivity (Wildman–Crippen MR) is 86.7 cm³/mol. The highest BCUT2D eigenvalue weighted by Gasteiger charge is 2.14. The summed E-state index contributed by atoms with van der Waals surface area (Å²) in [4.78, 5) is 28.3. The van der Waals surface area contributed by atoms with Crippen LogP contribution in [-0.2, 0) is 22.4 Å². The highest BCUT2D eigenvalue weighted by atomic mass is 32.1. The molecule has 0 aliphatic heterocycles. The molecule has 2 heterocycles. The number of nitrogens with zero attached hydrogens (tertiary/aromatic N) is 3. The minimum atomic E-state index is -0.335. The number of aromatic nitrogens is 3. The summed E-state index contributed by atoms with van der Waals surface area (Å²) in [5.74, 6) is -0.322. The molecule has 0 spiro atoms. The van der Waals surface area contributed by atoms with Gasteiger partial charge in [0.2, 0.25) is 4.96 Å². The number of hydrogen-bond acceptors (Lipinski definition) is 6. The molecule has 2 aromatic heterocycles. The number of carbonyl (C=O) groups excluding carboxylic acids is 1. The summed E-state index contributed by atoms with van der Waals surface area (Å²) >= 11 is 1.28. The Morgan fingerprint density at radius 3 is 2.83 bits per heavy atom. The van der Waals surface area contributed by atoms with E-state index in [9.17, 15) is 9.59 Å². The van der Waals surface area contributed by atoms with Crippen LogP contribution in [0.3, 0.4) is 0 Å². The van der Waals surface area contributed by atoms with Crippen LogP contribution in [0.1, 0.15) is 23.9 Å². The highest BCUT2D eigenvalue weighted by Crippen LogP contribution is 2.14. The van der Waals surface area contributed by atoms with Gasteiger partial charge in [-0.3, -0.25) is 9.59 Å². The summed E-state index contributed by atoms with van der Waals surface area (Å²) in [6.07, 6.45) is 0.514. The van der Waals surface area contributed by atoms with Gasteiger partial charge in [-0.15, -0.1) is 11.3 Å². The maximum absolute atomic E-state index is 12.1. The lowest BCUT2D eigenvalue weighted by Gasteiger charge is -2.04. The van der Waals surface area contributed by atoms with Crippen molar-refractivity contribution in [3.63, 3.8) is 0 Å². The van der Waals surface area contributed by atoms with E-state index < -0.39 is 0 Å². The third-order valence-electron chi connectivity index (χ3n) is 3.26. The van der Waals surface area contributed by atoms with Gasteiger partial charge < -0.3 is 4.74 Å². The first-order valence-corrected chi connectivity index (χ1v) is 8.11. The highest BCUT2D eigenvalue weighted by molar-refractivity contribution is 7.15. The van der Waals surface area contributed by atoms with Crippen LogP contribution in [0.25, 0.3) is 4.96 Å². The number of ether oxygens (including phenoxy) is 1. The molecule has 3 rings (SSSR count). The van der Waals surface area contributed by atoms with E-state index in [-0.39, 0.29) is 17.9 Å². The average molecular weight is 329 g/mol. The van der Waals surface area contributed by atoms with Gasteiger partial charge in [0.1, 0.15) is 5.69 Å². The lowest BCUT2D eigenvalue weighted by atomic mass is 10.1. The summed E-state index contributed by atoms with van der Waals surface area (Å²) in [6.45, 7) is 2.10. The fourth-order valence-electron chi connectivity index (χ4n) is 2.22. The fraction of sp³-hybridized carbons (Fsp3) is 0.250. The van der Waals surface area contributed by atoms with E-state index >= 15 is 0 Å². The molecule has 1 aromatic carbocycles. The lowest BCUT2D eigenvalue weighted by molar-refractivity contribution is -0.142. The van der Waals surface area contributed by atoms with Crippen LogP contribution < -0.4 is 5.56 Å². The van der Waals surface area contributed by atoms with Crippen molar-refractivity contribution in [2.24, 2.45) is 0 Å². The Kier molecular flexibility index (Phi) is 4.47. The zero-order valence-electron chi connectivity index (χ0n) is 12.6. The van der Waals surface area contributed by atoms with Crippen LogP contribution in [0.2, 0.25) is 0 Å². The topological polar surface area (TPSA) is 73.6 Å². The normalized spacial score (nSPS) is 10.8. The van der Waals surface area contributed by atoms with E-state index in [2.05, 4.69) is 10.1 Å². The lowest BCUT2D eigenvalue weighted by Crippen LogP contribution is -2.20. The van der Waals surface area contributed by atoms with Crippen molar-refractivity contribution >= 4 is 22.3 Å². The Balaban J connectivity index is 1.95. The largest absolute Gasteiger partial charge is 0.466 e. The zero-order chi connectivity index (χ0) is 16.2. The number of esters is 1. The second-order valence-electron chi connectivity index (χ2n) is 4.93. The Morgan fingerprint density at radius 2 is 2.09 bits per heavy atom. The number of thiazole rings is 1. The fourth-order valence-corrected chi connectivity index (χ4v) is 3.03. The molecule has 0 aliphatic carbocycles. The summed E-state index contributed by atoms with van der Waals surface area (Å²) in [5.41, 5.74) is 1.68. The Labute approximate surface area is 136 Å². The molecule has 118 valence electrons. The van der Waals surface area contributed by atoms with E-state index in [1.807, 2.05) is 30.3 Å². The van der Waals surface area contributed by atoms with Crippen LogP contribution in [0, 0.1) is 0 Å². The Hall–Kier alpha value is -2.54. The van der Waals surface area contributed by atoms with Gasteiger partial charge in [-0.1, -0.05) is 30.3 Å². The van der Waals surface area contributed by atoms with Crippen molar-refractivity contribution in [3.8, 4) is 0 Å². The standard InChI is InChI=1S/C16H15N3O3S/c1-2-22-14(20)9-12-10-23-16-17-15(21)13(18-19(12)16)8-11-6-4-3-5-7-11/h3-7,10H,2,8-9H2,1H3. The van der Waals surface area contributed by atoms with E-state index in [4.69, 9.17) is 4.74 Å². The van der Waals surface area contributed by atoms with E-state index in [1.54, 1.807) is 16.8 Å². The van der Waals surface area contributed by atoms with E-state index in [1.165, 1.54) is 11.3 Å². The maximum Gasteiger partial charge on any atom is 0.311 e. The molecular formula is C16H15N3O3S. The molecule has 0 saturated heterocycles. The molecule has 0 fully saturated rings. The van der Waals surface area contributed by atoms with Gasteiger partial charge >= 0.3 is 5.97 Å². The molecule has 0 bridgehead atoms. The summed E-state index contributed by atoms with van der Waals surface area (Å²) < 4.78 is 6.51. The van der Waals surface area contributed by atoms with Crippen LogP contribution >= 0.6 is 11.3 Å². The molecule has 0 atom stereocenters. The molecule has 0 amide bonds. The molecule has 7 heteroatoms. The number of hydrogen-bond donors (Lipinski definition) is 0. The zero-order valence-corrected chi connectivity index (χ0v) is 13.4. The predicted octanol–water partition coefficient (Wildman–Crippen LogP) is 1.85. The Morgan fingerprint density at radius 1 is 1.30 bits per heavy atom. The van der Waals surface area contributed by atoms with Crippen LogP contribution in [-0.4, -0.2) is 27.2 Å². The van der Waals surface area contributed by atoms with Crippen molar-refractivity contribution in [1.82, 2.24) is 14.6 Å². The number of fused-ring (bicyclic) bond motifs is 1. The Bertz CT molecular complexity index is 886. The molecule has 0 radical (unpaired) electrons. The summed E-state index contributed by atoms with van der Waals surface area (Å²) in [7, 11) is 0. The summed E-state index contributed by atoms with van der Waals surface area (Å²) in [5, 5.41) is 6.16. The SMILES string of the molecule is CCOC(=O)Cc1csc2nc(=O)c(Cc3ccccc3)nn12. The monoisotopic (exact) mass is 329 g/mol. The van der Waals surface area contributed by atoms with Gasteiger partial charge in [0.15, 0.2) is 0 Å². The molecule has 0 saturated carbocycles. The van der Waals surface area contributed by atoms with Crippen LogP contribution in [0.5, 0.6) is 0 Å². The molecule has 6 nitrogen and oxygen atoms in total. The van der Waals surface area contributed by atoms with Gasteiger partial charge in [0.05, 0.1) is 18.7 Å². The number of benzene rings is 1. The molecule has 3 aromatic rings. The van der Waals surface area contributed by atoms with E-state index in [0.717, 1.165) is 5.56 Å². The van der Waals surface area contributed by atoms with E-state index in [0.29, 0.717) is 29.4 Å². The summed E-state index contributed by atoms with van der Waals surface area (Å²) in [6, 6.07) is 9.61. The average Bonchev–Trinajstić information content (AvgIpc) is 2.91. The van der Waals surface area contributed by atoms with Crippen molar-refractivity contribution in [3.05, 3.63) is 63.0 Å². The second kappa shape index (κ2) is 6.70. The maximum atomic E-state index is 12.1. The number of rotatable bonds is 5. The van der Waals surface area contributed by atoms with Crippen molar-refractivity contribution < 1.29 is 9.53 Å². The third kappa shape index (κ3) is 3.45. The molecule has 0 unspecified atom stereocenters. The minimum absolute atomic E-state index is 0.107. The first-order chi connectivity index (χ1) is 11.2. The molecule has 0 N–H and O–H groups in total. The van der Waals surface area contributed by atoms with Gasteiger partial charge in [-0.2, -0.15) is 10.1 Å². The molecule has 0 aliphatic rings. The first kappa shape index (κ1) is 15.4. The van der Waals surface area contributed by atoms with Gasteiger partial charge in [0, 0.05) is 11.8 Å². The second-order valence-corrected chi connectivity index (χ2v) is 5.77. The molecule has 23 heavy (non-hydrogen) atoms. The van der Waals surface area contributed by atoms with Crippen LogP contribution in [0.15, 0.2) is 40.5 Å². The van der Waals surface area contributed by atoms with Crippen molar-refractivity contribution in [2.75, 3.05) is 6.61 Å². The van der Waals surface area contributed by atoms with Crippen molar-refractivity contribution in [2.45, 2.75) is 19.8 Å². The van der Waals surface area contributed by atoms with Gasteiger partial charge in [0.25, 0.3) is 5.56 Å². The molecular weight excluding hydrogens is 314 g/mol. The number of carbonyl (C=O) groups is 1. The first-order valence-electron chi connectivity index (χ1n) is 7.23. The van der Waals surface area contributed by atoms with Gasteiger partial charge in [-0.05, 0) is 12.5 Å². The third-order valence-corrected chi connectivity index (χ3v) is 4.13. The quantitative estimate of drug-likeness (QED) is 0.668. The minimum Gasteiger partial charge on any atom is -0.466 e. The van der Waals surface area contributed by atoms with Crippen LogP contribution in [0.4, 0.5) is 0 Å².